The smallest absolute Gasteiger partial charge is 0.238 e. The number of aromatic amines is 1. The molecule has 1 unspecified atom stereocenters. The van der Waals surface area contributed by atoms with Crippen LogP contribution in [0.1, 0.15) is 30.0 Å². The topological polar surface area (TPSA) is 116 Å². The number of rotatable bonds is 7. The number of hydrogen-bond donors (Lipinski definition) is 5. The van der Waals surface area contributed by atoms with E-state index in [1.165, 1.54) is 12.8 Å². The molecule has 7 nitrogen and oxygen atoms in total. The lowest BCUT2D eigenvalue weighted by atomic mass is 10.1. The van der Waals surface area contributed by atoms with Gasteiger partial charge in [0.15, 0.2) is 0 Å². The molecule has 0 aliphatic heterocycles. The van der Waals surface area contributed by atoms with E-state index in [4.69, 9.17) is 5.73 Å². The summed E-state index contributed by atoms with van der Waals surface area (Å²) in [5, 5.41) is 22.9. The third-order valence-electron chi connectivity index (χ3n) is 3.78. The van der Waals surface area contributed by atoms with Crippen molar-refractivity contribution in [2.24, 2.45) is 5.73 Å². The Labute approximate surface area is 134 Å². The van der Waals surface area contributed by atoms with Crippen LogP contribution < -0.4 is 16.4 Å². The highest BCUT2D eigenvalue weighted by Gasteiger charge is 2.25. The molecule has 1 aromatic heterocycles. The monoisotopic (exact) mass is 315 g/mol. The summed E-state index contributed by atoms with van der Waals surface area (Å²) in [6.07, 6.45) is 2.13. The summed E-state index contributed by atoms with van der Waals surface area (Å²) in [5.74, 6) is 1.03. The lowest BCUT2D eigenvalue weighted by Crippen LogP contribution is -2.22. The molecule has 0 spiro atoms. The van der Waals surface area contributed by atoms with Gasteiger partial charge in [0.25, 0.3) is 0 Å². The third kappa shape index (κ3) is 4.30. The molecule has 1 amide bonds. The van der Waals surface area contributed by atoms with Crippen molar-refractivity contribution in [3.63, 3.8) is 0 Å². The van der Waals surface area contributed by atoms with Gasteiger partial charge in [0.05, 0.1) is 6.54 Å². The Morgan fingerprint density at radius 3 is 2.78 bits per heavy atom. The summed E-state index contributed by atoms with van der Waals surface area (Å²) in [6, 6.07) is 9.24. The number of aliphatic hydroxyl groups excluding tert-OH is 1. The van der Waals surface area contributed by atoms with Gasteiger partial charge in [0, 0.05) is 29.8 Å². The van der Waals surface area contributed by atoms with Crippen LogP contribution in [-0.4, -0.2) is 34.0 Å². The fourth-order valence-corrected chi connectivity index (χ4v) is 2.40. The fraction of sp³-hybridized carbons (Fsp3) is 0.375. The van der Waals surface area contributed by atoms with Gasteiger partial charge in [-0.1, -0.05) is 12.1 Å². The van der Waals surface area contributed by atoms with Gasteiger partial charge in [-0.05, 0) is 30.5 Å². The first-order valence-corrected chi connectivity index (χ1v) is 7.73. The molecular weight excluding hydrogens is 294 g/mol. The highest BCUT2D eigenvalue weighted by molar-refractivity contribution is 5.92. The zero-order valence-electron chi connectivity index (χ0n) is 12.7. The first-order valence-electron chi connectivity index (χ1n) is 7.73. The molecule has 0 bridgehead atoms. The maximum Gasteiger partial charge on any atom is 0.238 e. The van der Waals surface area contributed by atoms with Crippen molar-refractivity contribution in [2.45, 2.75) is 31.4 Å². The van der Waals surface area contributed by atoms with Gasteiger partial charge < -0.3 is 21.5 Å². The Morgan fingerprint density at radius 2 is 2.13 bits per heavy atom. The summed E-state index contributed by atoms with van der Waals surface area (Å²) >= 11 is 0. The number of carbonyl (C=O) groups is 1. The van der Waals surface area contributed by atoms with Crippen molar-refractivity contribution >= 4 is 17.4 Å². The second kappa shape index (κ2) is 6.80. The Bertz CT molecular complexity index is 663. The van der Waals surface area contributed by atoms with Crippen LogP contribution >= 0.6 is 0 Å². The number of aromatic nitrogens is 2. The molecule has 23 heavy (non-hydrogen) atoms. The predicted molar refractivity (Wildman–Crippen MR) is 88.0 cm³/mol. The maximum absolute atomic E-state index is 11.2. The van der Waals surface area contributed by atoms with Gasteiger partial charge in [-0.25, -0.2) is 0 Å². The molecular formula is C16H21N5O2. The van der Waals surface area contributed by atoms with Gasteiger partial charge in [-0.2, -0.15) is 5.10 Å². The number of nitrogens with one attached hydrogen (secondary N) is 3. The summed E-state index contributed by atoms with van der Waals surface area (Å²) in [6.45, 7) is -0.0447. The van der Waals surface area contributed by atoms with E-state index in [0.29, 0.717) is 23.8 Å². The minimum atomic E-state index is -0.727. The second-order valence-electron chi connectivity index (χ2n) is 5.80. The van der Waals surface area contributed by atoms with Gasteiger partial charge in [-0.3, -0.25) is 9.89 Å². The van der Waals surface area contributed by atoms with E-state index in [2.05, 4.69) is 20.8 Å². The number of hydrogen-bond acceptors (Lipinski definition) is 5. The van der Waals surface area contributed by atoms with E-state index in [-0.39, 0.29) is 12.5 Å². The van der Waals surface area contributed by atoms with Gasteiger partial charge in [0.2, 0.25) is 5.91 Å². The number of benzene rings is 1. The molecule has 0 saturated heterocycles. The minimum Gasteiger partial charge on any atom is -0.373 e. The van der Waals surface area contributed by atoms with Crippen molar-refractivity contribution < 1.29 is 9.90 Å². The highest BCUT2D eigenvalue weighted by atomic mass is 16.3. The maximum atomic E-state index is 11.2. The molecule has 1 atom stereocenters. The number of anilines is 2. The molecule has 6 N–H and O–H groups in total. The van der Waals surface area contributed by atoms with Crippen LogP contribution in [0.25, 0.3) is 0 Å². The van der Waals surface area contributed by atoms with Crippen LogP contribution in [0.3, 0.4) is 0 Å². The molecule has 0 radical (unpaired) electrons. The van der Waals surface area contributed by atoms with Crippen molar-refractivity contribution in [2.75, 3.05) is 17.2 Å². The number of H-pyrrole nitrogens is 1. The number of aliphatic hydroxyl groups is 1. The van der Waals surface area contributed by atoms with Gasteiger partial charge >= 0.3 is 0 Å². The molecule has 1 aromatic carbocycles. The van der Waals surface area contributed by atoms with Crippen molar-refractivity contribution in [3.8, 4) is 0 Å². The Hall–Kier alpha value is -2.38. The van der Waals surface area contributed by atoms with Crippen LogP contribution in [0.15, 0.2) is 30.3 Å². The van der Waals surface area contributed by atoms with Crippen molar-refractivity contribution in [1.29, 1.82) is 0 Å². The average Bonchev–Trinajstić information content (AvgIpc) is 3.29. The summed E-state index contributed by atoms with van der Waals surface area (Å²) in [5.41, 5.74) is 8.02. The average molecular weight is 315 g/mol. The van der Waals surface area contributed by atoms with E-state index >= 15 is 0 Å². The number of nitrogens with two attached hydrogens (primary N) is 1. The molecule has 1 aliphatic carbocycles. The molecule has 1 fully saturated rings. The number of carbonyl (C=O) groups excluding carboxylic acids is 1. The molecule has 3 rings (SSSR count). The van der Waals surface area contributed by atoms with Gasteiger partial charge in [0.1, 0.15) is 12.0 Å². The zero-order valence-corrected chi connectivity index (χ0v) is 12.7. The first kappa shape index (κ1) is 15.5. The lowest BCUT2D eigenvalue weighted by molar-refractivity contribution is -0.114. The third-order valence-corrected chi connectivity index (χ3v) is 3.78. The molecule has 7 heteroatoms. The highest BCUT2D eigenvalue weighted by Crippen LogP contribution is 2.39. The molecule has 1 heterocycles. The first-order chi connectivity index (χ1) is 11.1. The van der Waals surface area contributed by atoms with Crippen molar-refractivity contribution in [3.05, 3.63) is 41.6 Å². The molecule has 1 aliphatic rings. The normalized spacial score (nSPS) is 15.2. The van der Waals surface area contributed by atoms with Crippen LogP contribution in [0.2, 0.25) is 0 Å². The standard InChI is InChI=1S/C16H21N5O2/c17-9-16(23)18-12-5-1-10(2-6-12)7-15(22)19-14-8-13(20-21-14)11-3-4-11/h1-2,5-6,8,11,15,22H,3-4,7,9,17H2,(H,18,23)(H2,19,20,21). The van der Waals surface area contributed by atoms with E-state index in [0.717, 1.165) is 11.3 Å². The summed E-state index contributed by atoms with van der Waals surface area (Å²) < 4.78 is 0. The minimum absolute atomic E-state index is 0.0447. The van der Waals surface area contributed by atoms with E-state index in [1.54, 1.807) is 12.1 Å². The summed E-state index contributed by atoms with van der Waals surface area (Å²) in [7, 11) is 0. The van der Waals surface area contributed by atoms with Crippen molar-refractivity contribution in [1.82, 2.24) is 10.2 Å². The van der Waals surface area contributed by atoms with E-state index < -0.39 is 6.23 Å². The van der Waals surface area contributed by atoms with Gasteiger partial charge in [-0.15, -0.1) is 0 Å². The zero-order chi connectivity index (χ0) is 16.2. The number of nitrogens with zero attached hydrogens (tertiary/aromatic N) is 1. The van der Waals surface area contributed by atoms with E-state index in [9.17, 15) is 9.90 Å². The van der Waals surface area contributed by atoms with Crippen LogP contribution in [0, 0.1) is 0 Å². The largest absolute Gasteiger partial charge is 0.373 e. The van der Waals surface area contributed by atoms with Crippen LogP contribution in [-0.2, 0) is 11.2 Å². The lowest BCUT2D eigenvalue weighted by Gasteiger charge is -2.12. The molecule has 122 valence electrons. The summed E-state index contributed by atoms with van der Waals surface area (Å²) in [4.78, 5) is 11.2. The fourth-order valence-electron chi connectivity index (χ4n) is 2.40. The Balaban J connectivity index is 1.52. The Kier molecular flexibility index (Phi) is 4.59. The Morgan fingerprint density at radius 1 is 1.39 bits per heavy atom. The van der Waals surface area contributed by atoms with Crippen LogP contribution in [0.4, 0.5) is 11.5 Å². The quantitative estimate of drug-likeness (QED) is 0.492. The predicted octanol–water partition coefficient (Wildman–Crippen LogP) is 1.16. The molecule has 2 aromatic rings. The number of amides is 1. The molecule has 1 saturated carbocycles. The van der Waals surface area contributed by atoms with Crippen LogP contribution in [0.5, 0.6) is 0 Å². The SMILES string of the molecule is NCC(=O)Nc1ccc(CC(O)Nc2cc(C3CC3)[nH]n2)cc1. The van der Waals surface area contributed by atoms with E-state index in [1.807, 2.05) is 18.2 Å². The second-order valence-corrected chi connectivity index (χ2v) is 5.80.